The van der Waals surface area contributed by atoms with Crippen molar-refractivity contribution in [2.45, 2.75) is 13.8 Å². The number of rotatable bonds is 4. The maximum Gasteiger partial charge on any atom is 0.118 e. The Morgan fingerprint density at radius 2 is 1.62 bits per heavy atom. The number of carboxylic acid groups (broad SMARTS) is 1. The highest BCUT2D eigenvalue weighted by molar-refractivity contribution is 5.65. The zero-order chi connectivity index (χ0) is 10.9. The van der Waals surface area contributed by atoms with Crippen LogP contribution in [0.2, 0.25) is 0 Å². The highest BCUT2D eigenvalue weighted by Gasteiger charge is 2.04. The van der Waals surface area contributed by atoms with Crippen LogP contribution in [-0.2, 0) is 9.53 Å². The molecule has 0 saturated carbocycles. The fraction of sp³-hybridized carbons (Fsp3) is 0.889. The fourth-order valence-corrected chi connectivity index (χ4v) is 0.591. The van der Waals surface area contributed by atoms with E-state index in [-0.39, 0.29) is 6.54 Å². The molecular formula is C9H21NO3. The number of hydrogen-bond donors (Lipinski definition) is 0. The molecule has 0 radical (unpaired) electrons. The average molecular weight is 191 g/mol. The van der Waals surface area contributed by atoms with Crippen LogP contribution < -0.4 is 5.11 Å². The molecule has 0 aliphatic heterocycles. The van der Waals surface area contributed by atoms with E-state index in [1.165, 1.54) is 0 Å². The number of carboxylic acids is 1. The predicted molar refractivity (Wildman–Crippen MR) is 50.1 cm³/mol. The molecule has 0 heterocycles. The van der Waals surface area contributed by atoms with Crippen molar-refractivity contribution in [1.82, 2.24) is 0 Å². The fourth-order valence-electron chi connectivity index (χ4n) is 0.591. The zero-order valence-corrected chi connectivity index (χ0v) is 9.29. The molecule has 0 fully saturated rings. The largest absolute Gasteiger partial charge is 0.544 e. The highest BCUT2D eigenvalue weighted by atomic mass is 16.5. The third-order valence-corrected chi connectivity index (χ3v) is 1.01. The van der Waals surface area contributed by atoms with E-state index < -0.39 is 5.97 Å². The molecule has 13 heavy (non-hydrogen) atoms. The van der Waals surface area contributed by atoms with Crippen LogP contribution >= 0.6 is 0 Å². The summed E-state index contributed by atoms with van der Waals surface area (Å²) in [5.41, 5.74) is 0. The standard InChI is InChI=1S/C5H11NO2.C4H10O/c1-6(2,3)4-5(7)8;1-3-5-4-2/h4H2,1-3H3;3-4H2,1-2H3. The molecule has 80 valence electrons. The van der Waals surface area contributed by atoms with Gasteiger partial charge in [0.05, 0.1) is 27.1 Å². The van der Waals surface area contributed by atoms with Gasteiger partial charge in [0, 0.05) is 13.2 Å². The number of ether oxygens (including phenoxy) is 1. The second-order valence-electron chi connectivity index (χ2n) is 3.60. The Morgan fingerprint density at radius 1 is 1.23 bits per heavy atom. The molecule has 0 aromatic heterocycles. The summed E-state index contributed by atoms with van der Waals surface area (Å²) in [4.78, 5) is 9.89. The lowest BCUT2D eigenvalue weighted by molar-refractivity contribution is -0.864. The lowest BCUT2D eigenvalue weighted by atomic mass is 10.5. The van der Waals surface area contributed by atoms with E-state index >= 15 is 0 Å². The molecule has 0 atom stereocenters. The highest BCUT2D eigenvalue weighted by Crippen LogP contribution is 1.84. The van der Waals surface area contributed by atoms with Crippen LogP contribution in [0.3, 0.4) is 0 Å². The summed E-state index contributed by atoms with van der Waals surface area (Å²) >= 11 is 0. The molecule has 0 bridgehead atoms. The molecule has 0 amide bonds. The molecule has 0 aliphatic carbocycles. The summed E-state index contributed by atoms with van der Waals surface area (Å²) in [6.07, 6.45) is 0. The minimum absolute atomic E-state index is 0.0694. The smallest absolute Gasteiger partial charge is 0.118 e. The van der Waals surface area contributed by atoms with Crippen molar-refractivity contribution >= 4 is 5.97 Å². The number of quaternary nitrogens is 1. The van der Waals surface area contributed by atoms with Crippen LogP contribution in [0.25, 0.3) is 0 Å². The molecule has 4 nitrogen and oxygen atoms in total. The zero-order valence-electron chi connectivity index (χ0n) is 9.29. The molecule has 0 rings (SSSR count). The first kappa shape index (κ1) is 14.9. The number of nitrogens with zero attached hydrogens (tertiary/aromatic N) is 1. The first-order chi connectivity index (χ1) is 5.83. The summed E-state index contributed by atoms with van der Waals surface area (Å²) in [5.74, 6) is -1.00. The Balaban J connectivity index is 0. The minimum atomic E-state index is -1.00. The van der Waals surface area contributed by atoms with Crippen molar-refractivity contribution in [3.63, 3.8) is 0 Å². The van der Waals surface area contributed by atoms with E-state index in [2.05, 4.69) is 0 Å². The number of carbonyl (C=O) groups is 1. The summed E-state index contributed by atoms with van der Waals surface area (Å²) in [6, 6.07) is 0. The van der Waals surface area contributed by atoms with Gasteiger partial charge in [-0.25, -0.2) is 0 Å². The molecule has 0 spiro atoms. The first-order valence-corrected chi connectivity index (χ1v) is 4.41. The van der Waals surface area contributed by atoms with E-state index in [4.69, 9.17) is 4.74 Å². The monoisotopic (exact) mass is 191 g/mol. The first-order valence-electron chi connectivity index (χ1n) is 4.41. The van der Waals surface area contributed by atoms with E-state index in [9.17, 15) is 9.90 Å². The Morgan fingerprint density at radius 3 is 1.62 bits per heavy atom. The number of aliphatic carboxylic acids is 1. The summed E-state index contributed by atoms with van der Waals surface area (Å²) in [7, 11) is 5.40. The molecule has 0 unspecified atom stereocenters. The molecule has 0 aliphatic rings. The summed E-state index contributed by atoms with van der Waals surface area (Å²) < 4.78 is 5.25. The van der Waals surface area contributed by atoms with Gasteiger partial charge in [0.1, 0.15) is 6.54 Å². The second-order valence-corrected chi connectivity index (χ2v) is 3.60. The van der Waals surface area contributed by atoms with Gasteiger partial charge in [0.25, 0.3) is 0 Å². The second kappa shape index (κ2) is 8.01. The van der Waals surface area contributed by atoms with Gasteiger partial charge < -0.3 is 19.1 Å². The molecule has 0 aromatic rings. The van der Waals surface area contributed by atoms with Gasteiger partial charge in [-0.15, -0.1) is 0 Å². The molecule has 0 saturated heterocycles. The van der Waals surface area contributed by atoms with Crippen molar-refractivity contribution in [1.29, 1.82) is 0 Å². The topological polar surface area (TPSA) is 49.4 Å². The predicted octanol–water partition coefficient (Wildman–Crippen LogP) is -0.515. The maximum absolute atomic E-state index is 9.89. The van der Waals surface area contributed by atoms with Crippen LogP contribution in [-0.4, -0.2) is 51.4 Å². The van der Waals surface area contributed by atoms with Crippen molar-refractivity contribution in [3.05, 3.63) is 0 Å². The normalized spacial score (nSPS) is 10.2. The van der Waals surface area contributed by atoms with Gasteiger partial charge in [-0.05, 0) is 13.8 Å². The Bertz CT molecular complexity index is 127. The van der Waals surface area contributed by atoms with Gasteiger partial charge in [0.2, 0.25) is 0 Å². The summed E-state index contributed by atoms with van der Waals surface area (Å²) in [5, 5.41) is 9.89. The Labute approximate surface area is 80.7 Å². The van der Waals surface area contributed by atoms with Gasteiger partial charge >= 0.3 is 0 Å². The number of likely N-dealkylation sites (N-methyl/N-ethyl adjacent to an activating group) is 1. The quantitative estimate of drug-likeness (QED) is 0.562. The van der Waals surface area contributed by atoms with Crippen molar-refractivity contribution in [2.24, 2.45) is 0 Å². The van der Waals surface area contributed by atoms with Crippen LogP contribution in [0, 0.1) is 0 Å². The maximum atomic E-state index is 9.89. The van der Waals surface area contributed by atoms with Crippen molar-refractivity contribution in [3.8, 4) is 0 Å². The average Bonchev–Trinajstić information content (AvgIpc) is 1.84. The molecule has 0 aromatic carbocycles. The lowest BCUT2D eigenvalue weighted by Crippen LogP contribution is -2.45. The molecule has 4 heteroatoms. The van der Waals surface area contributed by atoms with Gasteiger partial charge in [-0.3, -0.25) is 0 Å². The SMILES string of the molecule is CCOCC.C[N+](C)(C)CC(=O)[O-]. The van der Waals surface area contributed by atoms with E-state index in [0.29, 0.717) is 4.48 Å². The van der Waals surface area contributed by atoms with E-state index in [0.717, 1.165) is 13.2 Å². The molecular weight excluding hydrogens is 170 g/mol. The number of carbonyl (C=O) groups excluding carboxylic acids is 1. The minimum Gasteiger partial charge on any atom is -0.544 e. The van der Waals surface area contributed by atoms with E-state index in [1.54, 1.807) is 21.1 Å². The Kier molecular flexibility index (Phi) is 9.17. The molecule has 0 N–H and O–H groups in total. The van der Waals surface area contributed by atoms with Crippen LogP contribution in [0.4, 0.5) is 0 Å². The summed E-state index contributed by atoms with van der Waals surface area (Å²) in [6.45, 7) is 5.74. The third-order valence-electron chi connectivity index (χ3n) is 1.01. The van der Waals surface area contributed by atoms with Crippen LogP contribution in [0.1, 0.15) is 13.8 Å². The van der Waals surface area contributed by atoms with Gasteiger partial charge in [-0.2, -0.15) is 0 Å². The third kappa shape index (κ3) is 24.6. The van der Waals surface area contributed by atoms with E-state index in [1.807, 2.05) is 13.8 Å². The van der Waals surface area contributed by atoms with Gasteiger partial charge in [0.15, 0.2) is 0 Å². The van der Waals surface area contributed by atoms with Crippen molar-refractivity contribution < 1.29 is 19.1 Å². The number of hydrogen-bond acceptors (Lipinski definition) is 3. The Hall–Kier alpha value is -0.610. The lowest BCUT2D eigenvalue weighted by Gasteiger charge is -2.23. The van der Waals surface area contributed by atoms with Crippen LogP contribution in [0.15, 0.2) is 0 Å². The van der Waals surface area contributed by atoms with Gasteiger partial charge in [-0.1, -0.05) is 0 Å². The van der Waals surface area contributed by atoms with Crippen LogP contribution in [0.5, 0.6) is 0 Å². The van der Waals surface area contributed by atoms with Crippen molar-refractivity contribution in [2.75, 3.05) is 40.9 Å².